The number of benzene rings is 1. The maximum atomic E-state index is 11.5. The molecule has 0 aromatic heterocycles. The topological polar surface area (TPSA) is 26.3 Å². The van der Waals surface area contributed by atoms with Crippen LogP contribution in [-0.2, 0) is 0 Å². The highest BCUT2D eigenvalue weighted by molar-refractivity contribution is 7.80. The fourth-order valence-electron chi connectivity index (χ4n) is 1.48. The fourth-order valence-corrected chi connectivity index (χ4v) is 1.56. The molecule has 0 unspecified atom stereocenters. The molecule has 0 atom stereocenters. The third-order valence-electron chi connectivity index (χ3n) is 2.18. The van der Waals surface area contributed by atoms with E-state index in [1.807, 2.05) is 12.1 Å². The van der Waals surface area contributed by atoms with Gasteiger partial charge in [0.2, 0.25) is 0 Å². The van der Waals surface area contributed by atoms with E-state index in [2.05, 4.69) is 24.5 Å². The molecule has 0 saturated carbocycles. The van der Waals surface area contributed by atoms with Crippen LogP contribution in [0, 0.1) is 11.8 Å². The highest BCUT2D eigenvalue weighted by atomic mass is 32.1. The van der Waals surface area contributed by atoms with Crippen LogP contribution in [0.15, 0.2) is 18.2 Å². The van der Waals surface area contributed by atoms with E-state index in [4.69, 9.17) is 4.74 Å². The Kier molecular flexibility index (Phi) is 2.98. The van der Waals surface area contributed by atoms with E-state index in [9.17, 15) is 4.79 Å². The van der Waals surface area contributed by atoms with Crippen molar-refractivity contribution in [1.82, 2.24) is 0 Å². The molecule has 1 heterocycles. The predicted octanol–water partition coefficient (Wildman–Crippen LogP) is 1.93. The number of carbonyl (C=O) groups is 1. The van der Waals surface area contributed by atoms with Gasteiger partial charge in [0, 0.05) is 12.0 Å². The first-order chi connectivity index (χ1) is 7.31. The van der Waals surface area contributed by atoms with Crippen LogP contribution in [0.2, 0.25) is 0 Å². The highest BCUT2D eigenvalue weighted by Gasteiger charge is 2.17. The first-order valence-electron chi connectivity index (χ1n) is 4.71. The van der Waals surface area contributed by atoms with Crippen LogP contribution in [0.1, 0.15) is 22.3 Å². The molecule has 0 fully saturated rings. The number of hydrogen-bond acceptors (Lipinski definition) is 3. The van der Waals surface area contributed by atoms with Gasteiger partial charge in [-0.25, -0.2) is 0 Å². The van der Waals surface area contributed by atoms with Gasteiger partial charge in [0.25, 0.3) is 0 Å². The fraction of sp³-hybridized carbons (Fsp3) is 0.250. The maximum absolute atomic E-state index is 11.5. The summed E-state index contributed by atoms with van der Waals surface area (Å²) in [5, 5.41) is 0. The summed E-state index contributed by atoms with van der Waals surface area (Å²) in [6, 6.07) is 5.42. The molecule has 0 aliphatic carbocycles. The number of rotatable bonds is 0. The first kappa shape index (κ1) is 10.1. The van der Waals surface area contributed by atoms with Crippen LogP contribution < -0.4 is 4.74 Å². The Balaban J connectivity index is 2.37. The van der Waals surface area contributed by atoms with Crippen molar-refractivity contribution >= 4 is 18.4 Å². The monoisotopic (exact) mass is 218 g/mol. The van der Waals surface area contributed by atoms with Crippen molar-refractivity contribution in [1.29, 1.82) is 0 Å². The van der Waals surface area contributed by atoms with Gasteiger partial charge in [0.1, 0.15) is 5.75 Å². The van der Waals surface area contributed by atoms with Gasteiger partial charge in [-0.15, -0.1) is 0 Å². The van der Waals surface area contributed by atoms with Crippen LogP contribution in [0.4, 0.5) is 0 Å². The highest BCUT2D eigenvalue weighted by Crippen LogP contribution is 2.25. The lowest BCUT2D eigenvalue weighted by Gasteiger charge is -2.15. The van der Waals surface area contributed by atoms with Gasteiger partial charge in [-0.3, -0.25) is 4.79 Å². The summed E-state index contributed by atoms with van der Waals surface area (Å²) in [6.07, 6.45) is 0.467. The van der Waals surface area contributed by atoms with Gasteiger partial charge in [0.15, 0.2) is 5.78 Å². The molecule has 1 aromatic carbocycles. The van der Waals surface area contributed by atoms with E-state index in [1.165, 1.54) is 0 Å². The molecule has 0 radical (unpaired) electrons. The Morgan fingerprint density at radius 3 is 3.13 bits per heavy atom. The molecule has 15 heavy (non-hydrogen) atoms. The van der Waals surface area contributed by atoms with Crippen molar-refractivity contribution in [3.05, 3.63) is 29.3 Å². The lowest BCUT2D eigenvalue weighted by molar-refractivity contribution is 0.0933. The van der Waals surface area contributed by atoms with E-state index in [1.54, 1.807) is 6.07 Å². The SMILES string of the molecule is O=C1CCOc2cc(C#CCS)ccc21. The summed E-state index contributed by atoms with van der Waals surface area (Å²) < 4.78 is 5.41. The van der Waals surface area contributed by atoms with Crippen LogP contribution >= 0.6 is 12.6 Å². The minimum atomic E-state index is 0.143. The average molecular weight is 218 g/mol. The summed E-state index contributed by atoms with van der Waals surface area (Å²) in [5.74, 6) is 7.12. The molecule has 2 nitrogen and oxygen atoms in total. The van der Waals surface area contributed by atoms with E-state index >= 15 is 0 Å². The molecule has 0 spiro atoms. The number of ketones is 1. The van der Waals surface area contributed by atoms with Gasteiger partial charge in [-0.05, 0) is 18.2 Å². The third-order valence-corrected chi connectivity index (χ3v) is 2.34. The van der Waals surface area contributed by atoms with E-state index in [-0.39, 0.29) is 5.78 Å². The standard InChI is InChI=1S/C12H10O2S/c13-11-5-6-14-12-8-9(2-1-7-15)3-4-10(11)12/h3-4,8,15H,5-7H2. The van der Waals surface area contributed by atoms with Crippen LogP contribution in [0.3, 0.4) is 0 Å². The zero-order valence-corrected chi connectivity index (χ0v) is 9.01. The Morgan fingerprint density at radius 1 is 1.47 bits per heavy atom. The largest absolute Gasteiger partial charge is 0.492 e. The second-order valence-electron chi connectivity index (χ2n) is 3.19. The van der Waals surface area contributed by atoms with Gasteiger partial charge in [0.05, 0.1) is 17.9 Å². The average Bonchev–Trinajstić information content (AvgIpc) is 2.26. The number of fused-ring (bicyclic) bond motifs is 1. The third kappa shape index (κ3) is 2.16. The zero-order valence-electron chi connectivity index (χ0n) is 8.12. The number of hydrogen-bond donors (Lipinski definition) is 1. The predicted molar refractivity (Wildman–Crippen MR) is 61.6 cm³/mol. The van der Waals surface area contributed by atoms with Crippen molar-refractivity contribution in [3.63, 3.8) is 0 Å². The summed E-state index contributed by atoms with van der Waals surface area (Å²) in [5.41, 5.74) is 1.52. The Morgan fingerprint density at radius 2 is 2.33 bits per heavy atom. The lowest BCUT2D eigenvalue weighted by Crippen LogP contribution is -2.15. The number of carbonyl (C=O) groups excluding carboxylic acids is 1. The summed E-state index contributed by atoms with van der Waals surface area (Å²) in [7, 11) is 0. The normalized spacial score (nSPS) is 13.5. The number of Topliss-reactive ketones (excluding diaryl/α,β-unsaturated/α-hetero) is 1. The van der Waals surface area contributed by atoms with E-state index < -0.39 is 0 Å². The molecule has 1 aliphatic heterocycles. The van der Waals surface area contributed by atoms with Crippen molar-refractivity contribution < 1.29 is 9.53 Å². The zero-order chi connectivity index (χ0) is 10.7. The maximum Gasteiger partial charge on any atom is 0.169 e. The van der Waals surface area contributed by atoms with Crippen molar-refractivity contribution in [2.75, 3.05) is 12.4 Å². The lowest BCUT2D eigenvalue weighted by atomic mass is 10.0. The molecule has 1 aromatic rings. The Labute approximate surface area is 94.0 Å². The van der Waals surface area contributed by atoms with E-state index in [0.29, 0.717) is 30.1 Å². The molecule has 0 saturated heterocycles. The number of ether oxygens (including phenoxy) is 1. The number of thiol groups is 1. The van der Waals surface area contributed by atoms with Crippen LogP contribution in [0.25, 0.3) is 0 Å². The van der Waals surface area contributed by atoms with Gasteiger partial charge in [-0.1, -0.05) is 11.8 Å². The first-order valence-corrected chi connectivity index (χ1v) is 5.34. The Bertz CT molecular complexity index is 454. The van der Waals surface area contributed by atoms with E-state index in [0.717, 1.165) is 5.56 Å². The summed E-state index contributed by atoms with van der Waals surface area (Å²) in [6.45, 7) is 0.468. The van der Waals surface area contributed by atoms with Gasteiger partial charge in [-0.2, -0.15) is 12.6 Å². The minimum absolute atomic E-state index is 0.143. The van der Waals surface area contributed by atoms with Gasteiger partial charge < -0.3 is 4.74 Å². The summed E-state index contributed by atoms with van der Waals surface area (Å²) in [4.78, 5) is 11.5. The molecule has 2 rings (SSSR count). The molecule has 76 valence electrons. The minimum Gasteiger partial charge on any atom is -0.492 e. The molecule has 0 N–H and O–H groups in total. The van der Waals surface area contributed by atoms with Crippen molar-refractivity contribution in [2.45, 2.75) is 6.42 Å². The second kappa shape index (κ2) is 4.41. The van der Waals surface area contributed by atoms with Crippen LogP contribution in [0.5, 0.6) is 5.75 Å². The smallest absolute Gasteiger partial charge is 0.169 e. The molecule has 1 aliphatic rings. The molecule has 3 heteroatoms. The molecule has 0 amide bonds. The summed E-state index contributed by atoms with van der Waals surface area (Å²) >= 11 is 4.00. The molecular formula is C12H10O2S. The molecular weight excluding hydrogens is 208 g/mol. The molecule has 0 bridgehead atoms. The van der Waals surface area contributed by atoms with Crippen LogP contribution in [-0.4, -0.2) is 18.1 Å². The van der Waals surface area contributed by atoms with Crippen molar-refractivity contribution in [2.24, 2.45) is 0 Å². The Hall–Kier alpha value is -1.40. The quantitative estimate of drug-likeness (QED) is 0.532. The van der Waals surface area contributed by atoms with Gasteiger partial charge >= 0.3 is 0 Å². The van der Waals surface area contributed by atoms with Crippen molar-refractivity contribution in [3.8, 4) is 17.6 Å². The second-order valence-corrected chi connectivity index (χ2v) is 3.51.